The van der Waals surface area contributed by atoms with Crippen molar-refractivity contribution in [3.05, 3.63) is 24.3 Å². The molecule has 2 fully saturated rings. The van der Waals surface area contributed by atoms with Gasteiger partial charge in [-0.1, -0.05) is 12.1 Å². The van der Waals surface area contributed by atoms with Crippen LogP contribution in [-0.4, -0.2) is 38.0 Å². The van der Waals surface area contributed by atoms with Crippen LogP contribution in [0.15, 0.2) is 24.3 Å². The van der Waals surface area contributed by atoms with Gasteiger partial charge >= 0.3 is 0 Å². The molecule has 2 atom stereocenters. The smallest absolute Gasteiger partial charge is 0.161 e. The lowest BCUT2D eigenvalue weighted by molar-refractivity contribution is 0.0178. The minimum absolute atomic E-state index is 0.200. The number of hydrogen-bond acceptors (Lipinski definition) is 4. The number of benzene rings is 1. The van der Waals surface area contributed by atoms with Crippen molar-refractivity contribution in [3.63, 3.8) is 0 Å². The van der Waals surface area contributed by atoms with Gasteiger partial charge in [0.25, 0.3) is 0 Å². The first-order chi connectivity index (χ1) is 10.3. The molecule has 4 nitrogen and oxygen atoms in total. The van der Waals surface area contributed by atoms with Gasteiger partial charge in [0.15, 0.2) is 11.5 Å². The molecule has 0 bridgehead atoms. The molecule has 1 aromatic carbocycles. The minimum atomic E-state index is 0.200. The summed E-state index contributed by atoms with van der Waals surface area (Å²) in [5, 5.41) is 3.53. The Morgan fingerprint density at radius 1 is 1.05 bits per heavy atom. The number of nitrogens with one attached hydrogen (secondary N) is 1. The summed E-state index contributed by atoms with van der Waals surface area (Å²) in [4.78, 5) is 0. The fourth-order valence-electron chi connectivity index (χ4n) is 2.67. The Hall–Kier alpha value is -1.26. The molecule has 1 saturated carbocycles. The minimum Gasteiger partial charge on any atom is -0.490 e. The van der Waals surface area contributed by atoms with Gasteiger partial charge in [-0.25, -0.2) is 0 Å². The Kier molecular flexibility index (Phi) is 4.99. The lowest BCUT2D eigenvalue weighted by Crippen LogP contribution is -2.29. The fourth-order valence-corrected chi connectivity index (χ4v) is 2.67. The van der Waals surface area contributed by atoms with E-state index in [0.29, 0.717) is 19.3 Å². The van der Waals surface area contributed by atoms with Crippen molar-refractivity contribution in [3.8, 4) is 11.5 Å². The van der Waals surface area contributed by atoms with E-state index in [1.165, 1.54) is 12.8 Å². The van der Waals surface area contributed by atoms with Gasteiger partial charge < -0.3 is 19.5 Å². The molecule has 0 radical (unpaired) electrons. The van der Waals surface area contributed by atoms with E-state index in [1.54, 1.807) is 0 Å². The van der Waals surface area contributed by atoms with Crippen molar-refractivity contribution in [2.24, 2.45) is 0 Å². The molecule has 0 amide bonds. The molecule has 1 aromatic rings. The van der Waals surface area contributed by atoms with Crippen molar-refractivity contribution in [1.29, 1.82) is 0 Å². The van der Waals surface area contributed by atoms with E-state index in [-0.39, 0.29) is 6.10 Å². The lowest BCUT2D eigenvalue weighted by Gasteiger charge is -2.16. The number of rotatable bonds is 8. The molecule has 116 valence electrons. The predicted octanol–water partition coefficient (Wildman–Crippen LogP) is 2.76. The van der Waals surface area contributed by atoms with Gasteiger partial charge in [-0.05, 0) is 44.7 Å². The molecule has 0 spiro atoms. The third-order valence-corrected chi connectivity index (χ3v) is 3.98. The molecule has 21 heavy (non-hydrogen) atoms. The van der Waals surface area contributed by atoms with Crippen molar-refractivity contribution in [2.75, 3.05) is 19.8 Å². The highest BCUT2D eigenvalue weighted by Crippen LogP contribution is 2.28. The molecule has 0 aromatic heterocycles. The van der Waals surface area contributed by atoms with Crippen LogP contribution in [0.2, 0.25) is 0 Å². The second-order valence-electron chi connectivity index (χ2n) is 5.83. The Labute approximate surface area is 126 Å². The number of ether oxygens (including phenoxy) is 3. The van der Waals surface area contributed by atoms with Gasteiger partial charge in [0.05, 0.1) is 18.8 Å². The molecule has 4 heteroatoms. The van der Waals surface area contributed by atoms with E-state index in [9.17, 15) is 0 Å². The Morgan fingerprint density at radius 2 is 1.76 bits per heavy atom. The van der Waals surface area contributed by atoms with Gasteiger partial charge in [-0.3, -0.25) is 0 Å². The van der Waals surface area contributed by atoms with E-state index in [1.807, 2.05) is 31.2 Å². The maximum atomic E-state index is 6.03. The van der Waals surface area contributed by atoms with Crippen molar-refractivity contribution >= 4 is 0 Å². The normalized spacial score (nSPS) is 25.0. The number of para-hydroxylation sites is 2. The van der Waals surface area contributed by atoms with Crippen molar-refractivity contribution in [2.45, 2.75) is 50.9 Å². The van der Waals surface area contributed by atoms with Crippen LogP contribution in [0.1, 0.15) is 32.6 Å². The largest absolute Gasteiger partial charge is 0.490 e. The zero-order chi connectivity index (χ0) is 14.5. The van der Waals surface area contributed by atoms with E-state index in [0.717, 1.165) is 36.9 Å². The summed E-state index contributed by atoms with van der Waals surface area (Å²) in [5.41, 5.74) is 0. The Morgan fingerprint density at radius 3 is 2.48 bits per heavy atom. The molecule has 1 heterocycles. The highest BCUT2D eigenvalue weighted by Gasteiger charge is 2.28. The zero-order valence-corrected chi connectivity index (χ0v) is 12.7. The van der Waals surface area contributed by atoms with Gasteiger partial charge in [-0.2, -0.15) is 0 Å². The molecular weight excluding hydrogens is 266 g/mol. The molecule has 1 aliphatic carbocycles. The quantitative estimate of drug-likeness (QED) is 0.799. The number of hydrogen-bond donors (Lipinski definition) is 1. The highest BCUT2D eigenvalue weighted by molar-refractivity contribution is 5.39. The molecule has 1 aliphatic heterocycles. The fraction of sp³-hybridized carbons (Fsp3) is 0.647. The second kappa shape index (κ2) is 7.14. The molecule has 2 unspecified atom stereocenters. The highest BCUT2D eigenvalue weighted by atomic mass is 16.6. The van der Waals surface area contributed by atoms with E-state index in [2.05, 4.69) is 5.32 Å². The molecule has 1 N–H and O–H groups in total. The lowest BCUT2D eigenvalue weighted by atomic mass is 10.2. The maximum Gasteiger partial charge on any atom is 0.161 e. The Balaban J connectivity index is 1.42. The predicted molar refractivity (Wildman–Crippen MR) is 82.0 cm³/mol. The van der Waals surface area contributed by atoms with Crippen LogP contribution in [0.4, 0.5) is 0 Å². The van der Waals surface area contributed by atoms with Crippen LogP contribution >= 0.6 is 0 Å². The van der Waals surface area contributed by atoms with Gasteiger partial charge in [0, 0.05) is 12.6 Å². The zero-order valence-electron chi connectivity index (χ0n) is 12.7. The van der Waals surface area contributed by atoms with E-state index < -0.39 is 0 Å². The van der Waals surface area contributed by atoms with Crippen molar-refractivity contribution < 1.29 is 14.2 Å². The van der Waals surface area contributed by atoms with Crippen LogP contribution in [0, 0.1) is 0 Å². The molecule has 1 saturated heterocycles. The third-order valence-electron chi connectivity index (χ3n) is 3.98. The SMILES string of the molecule is CCOc1ccccc1OCC1CCC(CNC2CC2)O1. The topological polar surface area (TPSA) is 39.7 Å². The average Bonchev–Trinajstić information content (AvgIpc) is 3.23. The second-order valence-corrected chi connectivity index (χ2v) is 5.83. The summed E-state index contributed by atoms with van der Waals surface area (Å²) in [6, 6.07) is 8.57. The van der Waals surface area contributed by atoms with Gasteiger partial charge in [0.1, 0.15) is 6.61 Å². The van der Waals surface area contributed by atoms with Crippen LogP contribution in [-0.2, 0) is 4.74 Å². The van der Waals surface area contributed by atoms with E-state index >= 15 is 0 Å². The standard InChI is InChI=1S/C17H25NO3/c1-2-19-16-5-3-4-6-17(16)20-12-15-10-9-14(21-15)11-18-13-7-8-13/h3-6,13-15,18H,2,7-12H2,1H3. The first-order valence-electron chi connectivity index (χ1n) is 8.08. The third kappa shape index (κ3) is 4.35. The van der Waals surface area contributed by atoms with Crippen LogP contribution < -0.4 is 14.8 Å². The summed E-state index contributed by atoms with van der Waals surface area (Å²) in [6.07, 6.45) is 5.40. The summed E-state index contributed by atoms with van der Waals surface area (Å²) < 4.78 is 17.5. The molecule has 3 rings (SSSR count). The monoisotopic (exact) mass is 291 g/mol. The molecular formula is C17H25NO3. The summed E-state index contributed by atoms with van der Waals surface area (Å²) in [6.45, 7) is 4.21. The summed E-state index contributed by atoms with van der Waals surface area (Å²) >= 11 is 0. The van der Waals surface area contributed by atoms with Crippen LogP contribution in [0.25, 0.3) is 0 Å². The average molecular weight is 291 g/mol. The van der Waals surface area contributed by atoms with Crippen LogP contribution in [0.5, 0.6) is 11.5 Å². The van der Waals surface area contributed by atoms with Gasteiger partial charge in [-0.15, -0.1) is 0 Å². The van der Waals surface area contributed by atoms with E-state index in [4.69, 9.17) is 14.2 Å². The van der Waals surface area contributed by atoms with Gasteiger partial charge in [0.2, 0.25) is 0 Å². The van der Waals surface area contributed by atoms with Crippen LogP contribution in [0.3, 0.4) is 0 Å². The first kappa shape index (κ1) is 14.7. The summed E-state index contributed by atoms with van der Waals surface area (Å²) in [5.74, 6) is 1.62. The maximum absolute atomic E-state index is 6.03. The van der Waals surface area contributed by atoms with Crippen molar-refractivity contribution in [1.82, 2.24) is 5.32 Å². The molecule has 2 aliphatic rings. The Bertz CT molecular complexity index is 447. The first-order valence-corrected chi connectivity index (χ1v) is 8.08. The summed E-state index contributed by atoms with van der Waals surface area (Å²) in [7, 11) is 0.